The maximum absolute atomic E-state index is 5.02. The van der Waals surface area contributed by atoms with Crippen LogP contribution in [-0.4, -0.2) is 16.0 Å². The molecule has 0 aliphatic carbocycles. The van der Waals surface area contributed by atoms with Crippen LogP contribution in [0.3, 0.4) is 0 Å². The molecule has 0 aliphatic heterocycles. The van der Waals surface area contributed by atoms with Gasteiger partial charge in [-0.3, -0.25) is 5.10 Å². The summed E-state index contributed by atoms with van der Waals surface area (Å²) in [5.74, 6) is 1.22. The predicted octanol–water partition coefficient (Wildman–Crippen LogP) is 7.64. The quantitative estimate of drug-likeness (QED) is 0.193. The first-order chi connectivity index (χ1) is 10.8. The highest BCUT2D eigenvalue weighted by Crippen LogP contribution is 2.32. The van der Waals surface area contributed by atoms with Gasteiger partial charge in [0.15, 0.2) is 8.29 Å². The molecule has 0 fully saturated rings. The smallest absolute Gasteiger partial charge is 0.183 e. The van der Waals surface area contributed by atoms with Crippen LogP contribution in [0.1, 0.15) is 84.0 Å². The molecule has 1 heterocycles. The van der Waals surface area contributed by atoms with Crippen molar-refractivity contribution in [1.29, 1.82) is 0 Å². The average molecular weight is 379 g/mol. The summed E-state index contributed by atoms with van der Waals surface area (Å²) < 4.78 is 1.82. The summed E-state index contributed by atoms with van der Waals surface area (Å²) in [6, 6.07) is 0. The lowest BCUT2D eigenvalue weighted by molar-refractivity contribution is 0.548. The van der Waals surface area contributed by atoms with Gasteiger partial charge in [0, 0.05) is 5.75 Å². The maximum Gasteiger partial charge on any atom is 0.183 e. The Balaban J connectivity index is 1.74. The van der Waals surface area contributed by atoms with Gasteiger partial charge in [-0.2, -0.15) is 5.10 Å². The molecule has 0 aromatic carbocycles. The molecule has 0 radical (unpaired) electrons. The van der Waals surface area contributed by atoms with Gasteiger partial charge < -0.3 is 0 Å². The molecule has 0 amide bonds. The van der Waals surface area contributed by atoms with E-state index in [9.17, 15) is 0 Å². The van der Waals surface area contributed by atoms with Gasteiger partial charge in [-0.1, -0.05) is 99.7 Å². The van der Waals surface area contributed by atoms with Gasteiger partial charge in [0.1, 0.15) is 0 Å². The third kappa shape index (κ3) is 12.0. The fourth-order valence-corrected chi connectivity index (χ4v) is 5.86. The fraction of sp³-hybridized carbons (Fsp3) is 0.875. The zero-order valence-electron chi connectivity index (χ0n) is 13.8. The molecule has 1 aromatic rings. The zero-order chi connectivity index (χ0) is 15.9. The van der Waals surface area contributed by atoms with E-state index in [0.29, 0.717) is 0 Å². The highest BCUT2D eigenvalue weighted by atomic mass is 33.1. The Hall–Kier alpha value is 0.480. The van der Waals surface area contributed by atoms with Crippen LogP contribution in [0.15, 0.2) is 4.34 Å². The van der Waals surface area contributed by atoms with Crippen LogP contribution in [0.4, 0.5) is 0 Å². The molecule has 0 bridgehead atoms. The normalized spacial score (nSPS) is 11.1. The Morgan fingerprint density at radius 2 is 1.45 bits per heavy atom. The minimum absolute atomic E-state index is 0.772. The number of aromatic nitrogens is 2. The molecule has 0 unspecified atom stereocenters. The van der Waals surface area contributed by atoms with Crippen molar-refractivity contribution in [3.63, 3.8) is 0 Å². The third-order valence-corrected chi connectivity index (χ3v) is 7.46. The monoisotopic (exact) mass is 378 g/mol. The first-order valence-corrected chi connectivity index (χ1v) is 12.2. The standard InChI is InChI=1S/C16H30N2S4/c1-2-3-4-5-6-7-8-9-10-11-12-13-14-20-22-16-18-17-15(19)21-16/h2-14H2,1H3,(H,17,19). The Morgan fingerprint density at radius 1 is 0.909 bits per heavy atom. The van der Waals surface area contributed by atoms with Gasteiger partial charge in [-0.15, -0.1) is 0 Å². The molecule has 0 aliphatic rings. The Morgan fingerprint density at radius 3 is 1.95 bits per heavy atom. The van der Waals surface area contributed by atoms with Gasteiger partial charge in [0.25, 0.3) is 0 Å². The zero-order valence-corrected chi connectivity index (χ0v) is 17.0. The molecule has 22 heavy (non-hydrogen) atoms. The molecule has 0 atom stereocenters. The van der Waals surface area contributed by atoms with Crippen molar-refractivity contribution in [2.45, 2.75) is 88.3 Å². The van der Waals surface area contributed by atoms with Crippen LogP contribution in [0.5, 0.6) is 0 Å². The summed E-state index contributed by atoms with van der Waals surface area (Å²) in [6.45, 7) is 2.28. The maximum atomic E-state index is 5.02. The lowest BCUT2D eigenvalue weighted by Crippen LogP contribution is -1.83. The van der Waals surface area contributed by atoms with E-state index in [1.54, 1.807) is 22.1 Å². The molecular formula is C16H30N2S4. The van der Waals surface area contributed by atoms with Crippen molar-refractivity contribution in [2.24, 2.45) is 0 Å². The predicted molar refractivity (Wildman–Crippen MR) is 107 cm³/mol. The van der Waals surface area contributed by atoms with Crippen molar-refractivity contribution in [2.75, 3.05) is 5.75 Å². The van der Waals surface area contributed by atoms with E-state index in [-0.39, 0.29) is 0 Å². The highest BCUT2D eigenvalue weighted by molar-refractivity contribution is 8.77. The first-order valence-electron chi connectivity index (χ1n) is 8.68. The molecule has 128 valence electrons. The van der Waals surface area contributed by atoms with E-state index in [0.717, 1.165) is 8.29 Å². The van der Waals surface area contributed by atoms with Gasteiger partial charge in [0.2, 0.25) is 0 Å². The van der Waals surface area contributed by atoms with Crippen LogP contribution in [0.2, 0.25) is 0 Å². The number of rotatable bonds is 15. The van der Waals surface area contributed by atoms with Crippen LogP contribution in [-0.2, 0) is 0 Å². The van der Waals surface area contributed by atoms with E-state index in [4.69, 9.17) is 12.2 Å². The molecule has 0 saturated carbocycles. The second kappa shape index (κ2) is 15.0. The minimum Gasteiger partial charge on any atom is -0.257 e. The molecule has 6 heteroatoms. The van der Waals surface area contributed by atoms with E-state index in [1.807, 2.05) is 10.8 Å². The van der Waals surface area contributed by atoms with Crippen LogP contribution < -0.4 is 0 Å². The van der Waals surface area contributed by atoms with Crippen molar-refractivity contribution < 1.29 is 0 Å². The lowest BCUT2D eigenvalue weighted by Gasteiger charge is -2.02. The fourth-order valence-electron chi connectivity index (χ4n) is 2.35. The van der Waals surface area contributed by atoms with Crippen molar-refractivity contribution in [3.8, 4) is 0 Å². The largest absolute Gasteiger partial charge is 0.257 e. The van der Waals surface area contributed by atoms with E-state index >= 15 is 0 Å². The number of nitrogens with one attached hydrogen (secondary N) is 1. The summed E-state index contributed by atoms with van der Waals surface area (Å²) in [4.78, 5) is 0. The Kier molecular flexibility index (Phi) is 14.0. The summed E-state index contributed by atoms with van der Waals surface area (Å²) in [6.07, 6.45) is 17.0. The molecule has 0 spiro atoms. The molecule has 0 saturated heterocycles. The Bertz CT molecular complexity index is 403. The van der Waals surface area contributed by atoms with Gasteiger partial charge >= 0.3 is 0 Å². The van der Waals surface area contributed by atoms with Gasteiger partial charge in [-0.25, -0.2) is 0 Å². The summed E-state index contributed by atoms with van der Waals surface area (Å²) in [7, 11) is 3.65. The summed E-state index contributed by atoms with van der Waals surface area (Å²) in [5.41, 5.74) is 0. The highest BCUT2D eigenvalue weighted by Gasteiger charge is 1.99. The molecule has 1 N–H and O–H groups in total. The van der Waals surface area contributed by atoms with Crippen LogP contribution in [0, 0.1) is 3.95 Å². The van der Waals surface area contributed by atoms with Crippen molar-refractivity contribution in [3.05, 3.63) is 3.95 Å². The topological polar surface area (TPSA) is 28.7 Å². The molecule has 2 nitrogen and oxygen atoms in total. The van der Waals surface area contributed by atoms with Gasteiger partial charge in [-0.05, 0) is 29.4 Å². The van der Waals surface area contributed by atoms with E-state index < -0.39 is 0 Å². The van der Waals surface area contributed by atoms with E-state index in [2.05, 4.69) is 17.1 Å². The van der Waals surface area contributed by atoms with Crippen LogP contribution in [0.25, 0.3) is 0 Å². The third-order valence-electron chi connectivity index (χ3n) is 3.63. The number of hydrogen-bond donors (Lipinski definition) is 1. The summed E-state index contributed by atoms with van der Waals surface area (Å²) >= 11 is 6.58. The van der Waals surface area contributed by atoms with Gasteiger partial charge in [0.05, 0.1) is 0 Å². The van der Waals surface area contributed by atoms with E-state index in [1.165, 1.54) is 82.8 Å². The molecule has 1 aromatic heterocycles. The number of H-pyrrole nitrogens is 1. The lowest BCUT2D eigenvalue weighted by atomic mass is 10.1. The average Bonchev–Trinajstić information content (AvgIpc) is 2.93. The molecule has 1 rings (SSSR count). The number of unbranched alkanes of at least 4 members (excludes halogenated alkanes) is 11. The number of hydrogen-bond acceptors (Lipinski definition) is 5. The van der Waals surface area contributed by atoms with Crippen LogP contribution >= 0.6 is 45.1 Å². The molecular weight excluding hydrogens is 348 g/mol. The number of nitrogens with zero attached hydrogens (tertiary/aromatic N) is 1. The SMILES string of the molecule is CCCCCCCCCCCCCCSSc1n[nH]c(=S)s1. The van der Waals surface area contributed by atoms with Crippen molar-refractivity contribution in [1.82, 2.24) is 10.2 Å². The summed E-state index contributed by atoms with van der Waals surface area (Å²) in [5, 5.41) is 6.96. The second-order valence-corrected chi connectivity index (χ2v) is 10.0. The second-order valence-electron chi connectivity index (χ2n) is 5.67. The van der Waals surface area contributed by atoms with Crippen molar-refractivity contribution >= 4 is 45.1 Å². The minimum atomic E-state index is 0.772. The first kappa shape index (κ1) is 20.5. The number of aromatic amines is 1. The Labute approximate surface area is 153 Å².